The van der Waals surface area contributed by atoms with Crippen molar-refractivity contribution in [3.63, 3.8) is 0 Å². The molecule has 1 fully saturated rings. The van der Waals surface area contributed by atoms with Crippen molar-refractivity contribution in [1.82, 2.24) is 5.32 Å². The normalized spacial score (nSPS) is 19.5. The summed E-state index contributed by atoms with van der Waals surface area (Å²) in [5.74, 6) is -1.13. The van der Waals surface area contributed by atoms with Gasteiger partial charge in [-0.2, -0.15) is 0 Å². The Morgan fingerprint density at radius 2 is 1.71 bits per heavy atom. The number of ketones is 2. The zero-order valence-electron chi connectivity index (χ0n) is 19.5. The van der Waals surface area contributed by atoms with Crippen molar-refractivity contribution < 1.29 is 29.0 Å². The van der Waals surface area contributed by atoms with Crippen LogP contribution in [0.4, 0.5) is 0 Å². The summed E-state index contributed by atoms with van der Waals surface area (Å²) in [4.78, 5) is 39.0. The Morgan fingerprint density at radius 1 is 1.09 bits per heavy atom. The molecule has 8 nitrogen and oxygen atoms in total. The van der Waals surface area contributed by atoms with Crippen LogP contribution in [0.25, 0.3) is 0 Å². The maximum absolute atomic E-state index is 13.4. The van der Waals surface area contributed by atoms with Gasteiger partial charge in [-0.15, -0.1) is 0 Å². The number of amides is 1. The van der Waals surface area contributed by atoms with Crippen molar-refractivity contribution in [1.29, 1.82) is 0 Å². The third-order valence-corrected chi connectivity index (χ3v) is 6.08. The van der Waals surface area contributed by atoms with Gasteiger partial charge >= 0.3 is 0 Å². The second kappa shape index (κ2) is 11.4. The number of nitrogens with one attached hydrogen (secondary N) is 1. The molecule has 0 aliphatic carbocycles. The van der Waals surface area contributed by atoms with Crippen molar-refractivity contribution in [2.24, 2.45) is 11.7 Å². The van der Waals surface area contributed by atoms with E-state index in [2.05, 4.69) is 5.32 Å². The molecule has 1 amide bonds. The summed E-state index contributed by atoms with van der Waals surface area (Å²) in [5.41, 5.74) is 6.51. The van der Waals surface area contributed by atoms with Crippen LogP contribution in [0.1, 0.15) is 24.5 Å². The van der Waals surface area contributed by atoms with Crippen LogP contribution in [-0.4, -0.2) is 60.6 Å². The molecule has 4 atom stereocenters. The molecule has 1 saturated heterocycles. The highest BCUT2D eigenvalue weighted by Gasteiger charge is 2.50. The van der Waals surface area contributed by atoms with Gasteiger partial charge in [0.15, 0.2) is 11.6 Å². The zero-order chi connectivity index (χ0) is 24.7. The summed E-state index contributed by atoms with van der Waals surface area (Å²) in [5, 5.41) is 12.1. The van der Waals surface area contributed by atoms with Crippen molar-refractivity contribution in [2.45, 2.75) is 43.9 Å². The summed E-state index contributed by atoms with van der Waals surface area (Å²) < 4.78 is 10.5. The van der Waals surface area contributed by atoms with Crippen molar-refractivity contribution in [2.75, 3.05) is 20.3 Å². The molecule has 2 aromatic carbocycles. The Labute approximate surface area is 199 Å². The van der Waals surface area contributed by atoms with Crippen LogP contribution in [0.5, 0.6) is 5.75 Å². The second-order valence-electron chi connectivity index (χ2n) is 8.84. The monoisotopic (exact) mass is 468 g/mol. The van der Waals surface area contributed by atoms with Gasteiger partial charge in [0.05, 0.1) is 32.4 Å². The number of rotatable bonds is 13. The van der Waals surface area contributed by atoms with Crippen molar-refractivity contribution in [3.05, 3.63) is 65.7 Å². The number of ether oxygens (including phenoxy) is 2. The molecule has 0 radical (unpaired) electrons. The highest BCUT2D eigenvalue weighted by Crippen LogP contribution is 2.29. The van der Waals surface area contributed by atoms with Gasteiger partial charge in [0.2, 0.25) is 5.91 Å². The zero-order valence-corrected chi connectivity index (χ0v) is 19.5. The van der Waals surface area contributed by atoms with E-state index in [1.165, 1.54) is 0 Å². The highest BCUT2D eigenvalue weighted by atomic mass is 16.6. The minimum Gasteiger partial charge on any atom is -0.497 e. The van der Waals surface area contributed by atoms with Gasteiger partial charge < -0.3 is 25.6 Å². The molecule has 4 N–H and O–H groups in total. The maximum Gasteiger partial charge on any atom is 0.224 e. The smallest absolute Gasteiger partial charge is 0.224 e. The molecule has 2 aromatic rings. The number of hydrogen-bond acceptors (Lipinski definition) is 7. The second-order valence-corrected chi connectivity index (χ2v) is 8.84. The Morgan fingerprint density at radius 3 is 2.26 bits per heavy atom. The molecule has 3 rings (SSSR count). The van der Waals surface area contributed by atoms with Crippen LogP contribution >= 0.6 is 0 Å². The fraction of sp³-hybridized carbons (Fsp3) is 0.423. The fourth-order valence-corrected chi connectivity index (χ4v) is 3.77. The molecule has 8 heteroatoms. The fourth-order valence-electron chi connectivity index (χ4n) is 3.77. The van der Waals surface area contributed by atoms with Crippen molar-refractivity contribution in [3.8, 4) is 5.75 Å². The largest absolute Gasteiger partial charge is 0.497 e. The molecule has 182 valence electrons. The van der Waals surface area contributed by atoms with E-state index in [1.807, 2.05) is 42.5 Å². The number of methoxy groups -OCH3 is 1. The van der Waals surface area contributed by atoms with Gasteiger partial charge in [0, 0.05) is 12.3 Å². The van der Waals surface area contributed by atoms with E-state index in [1.54, 1.807) is 26.2 Å². The number of aliphatic hydroxyl groups excluding tert-OH is 1. The first-order valence-electron chi connectivity index (χ1n) is 11.3. The third kappa shape index (κ3) is 6.72. The summed E-state index contributed by atoms with van der Waals surface area (Å²) >= 11 is 0. The molecular formula is C26H32N2O6. The quantitative estimate of drug-likeness (QED) is 0.377. The van der Waals surface area contributed by atoms with E-state index in [9.17, 15) is 19.5 Å². The average molecular weight is 469 g/mol. The average Bonchev–Trinajstić information content (AvgIpc) is 3.61. The molecule has 1 heterocycles. The highest BCUT2D eigenvalue weighted by molar-refractivity contribution is 5.97. The third-order valence-electron chi connectivity index (χ3n) is 6.08. The van der Waals surface area contributed by atoms with Crippen LogP contribution in [0.3, 0.4) is 0 Å². The lowest BCUT2D eigenvalue weighted by molar-refractivity contribution is -0.134. The van der Waals surface area contributed by atoms with E-state index < -0.39 is 41.9 Å². The molecule has 1 aliphatic rings. The Hall–Kier alpha value is -3.07. The van der Waals surface area contributed by atoms with Gasteiger partial charge in [-0.1, -0.05) is 42.5 Å². The molecular weight excluding hydrogens is 436 g/mol. The minimum atomic E-state index is -1.06. The number of hydrogen-bond donors (Lipinski definition) is 3. The first-order chi connectivity index (χ1) is 16.3. The maximum atomic E-state index is 13.4. The first-order valence-corrected chi connectivity index (χ1v) is 11.3. The summed E-state index contributed by atoms with van der Waals surface area (Å²) in [7, 11) is 1.56. The van der Waals surface area contributed by atoms with Gasteiger partial charge in [-0.3, -0.25) is 14.4 Å². The summed E-state index contributed by atoms with van der Waals surface area (Å²) in [6, 6.07) is 14.7. The lowest BCUT2D eigenvalue weighted by atomic mass is 9.89. The molecule has 0 spiro atoms. The van der Waals surface area contributed by atoms with E-state index >= 15 is 0 Å². The first kappa shape index (κ1) is 25.6. The van der Waals surface area contributed by atoms with E-state index in [0.29, 0.717) is 18.8 Å². The predicted molar refractivity (Wildman–Crippen MR) is 126 cm³/mol. The molecule has 34 heavy (non-hydrogen) atoms. The number of nitrogens with two attached hydrogens (primary N) is 1. The van der Waals surface area contributed by atoms with E-state index in [-0.39, 0.29) is 18.6 Å². The van der Waals surface area contributed by atoms with Crippen molar-refractivity contribution >= 4 is 17.5 Å². The van der Waals surface area contributed by atoms with E-state index in [0.717, 1.165) is 11.1 Å². The van der Waals surface area contributed by atoms with Crippen LogP contribution in [-0.2, 0) is 32.0 Å². The SMILES string of the molecule is COc1ccc(C[C@H](CC(=O)[C@H](N)CO)C(=O)N[C@@H](Cc2ccccc2)C(=O)[C@@]2(C)CO2)cc1. The summed E-state index contributed by atoms with van der Waals surface area (Å²) in [6.07, 6.45) is 0.420. The molecule has 0 unspecified atom stereocenters. The molecule has 1 aliphatic heterocycles. The molecule has 0 saturated carbocycles. The number of benzene rings is 2. The minimum absolute atomic E-state index is 0.153. The molecule has 0 bridgehead atoms. The van der Waals surface area contributed by atoms with Crippen LogP contribution in [0.2, 0.25) is 0 Å². The Balaban J connectivity index is 1.80. The van der Waals surface area contributed by atoms with Gasteiger partial charge in [0.1, 0.15) is 11.4 Å². The number of Topliss-reactive ketones (excluding diaryl/α,β-unsaturated/α-hetero) is 2. The lowest BCUT2D eigenvalue weighted by Crippen LogP contribution is -2.50. The van der Waals surface area contributed by atoms with Gasteiger partial charge in [-0.05, 0) is 43.0 Å². The summed E-state index contributed by atoms with van der Waals surface area (Å²) in [6.45, 7) is 1.52. The number of carbonyl (C=O) groups is 3. The lowest BCUT2D eigenvalue weighted by Gasteiger charge is -2.24. The standard InChI is InChI=1S/C26H32N2O6/c1-26(16-34-26)24(31)22(13-17-6-4-3-5-7-17)28-25(32)19(14-23(30)21(27)15-29)12-18-8-10-20(33-2)11-9-18/h3-11,19,21-22,29H,12-16,27H2,1-2H3,(H,28,32)/t19-,21-,22+,26-/m1/s1. The van der Waals surface area contributed by atoms with Crippen LogP contribution in [0.15, 0.2) is 54.6 Å². The predicted octanol–water partition coefficient (Wildman–Crippen LogP) is 1.22. The number of epoxide rings is 1. The van der Waals surface area contributed by atoms with Crippen LogP contribution < -0.4 is 15.8 Å². The molecule has 0 aromatic heterocycles. The Bertz CT molecular complexity index is 988. The van der Waals surface area contributed by atoms with Crippen LogP contribution in [0, 0.1) is 5.92 Å². The van der Waals surface area contributed by atoms with E-state index in [4.69, 9.17) is 15.2 Å². The number of carbonyl (C=O) groups excluding carboxylic acids is 3. The van der Waals surface area contributed by atoms with Gasteiger partial charge in [-0.25, -0.2) is 0 Å². The number of aliphatic hydroxyl groups is 1. The Kier molecular flexibility index (Phi) is 8.55. The van der Waals surface area contributed by atoms with Gasteiger partial charge in [0.25, 0.3) is 0 Å². The topological polar surface area (TPSA) is 131 Å².